The molecule has 0 bridgehead atoms. The molecule has 3 nitrogen and oxygen atoms in total. The SMILES string of the molecule is O=C1c2cc(Br)cnc2-c2nc(Cl)ccc21. The number of aromatic nitrogens is 2. The summed E-state index contributed by atoms with van der Waals surface area (Å²) in [5.74, 6) is -0.0528. The highest BCUT2D eigenvalue weighted by atomic mass is 79.9. The Kier molecular flexibility index (Phi) is 2.09. The normalized spacial score (nSPS) is 12.5. The second-order valence-corrected chi connectivity index (χ2v) is 4.71. The van der Waals surface area contributed by atoms with Crippen molar-refractivity contribution in [2.45, 2.75) is 0 Å². The van der Waals surface area contributed by atoms with Gasteiger partial charge in [-0.05, 0) is 34.1 Å². The van der Waals surface area contributed by atoms with E-state index < -0.39 is 0 Å². The highest BCUT2D eigenvalue weighted by molar-refractivity contribution is 9.10. The molecule has 0 radical (unpaired) electrons. The highest BCUT2D eigenvalue weighted by Crippen LogP contribution is 2.35. The Balaban J connectivity index is 2.36. The summed E-state index contributed by atoms with van der Waals surface area (Å²) in [4.78, 5) is 20.4. The van der Waals surface area contributed by atoms with E-state index in [9.17, 15) is 4.79 Å². The first-order chi connectivity index (χ1) is 7.66. The zero-order valence-corrected chi connectivity index (χ0v) is 10.2. The van der Waals surface area contributed by atoms with Crippen LogP contribution in [0, 0.1) is 0 Å². The van der Waals surface area contributed by atoms with Crippen molar-refractivity contribution in [2.75, 3.05) is 0 Å². The van der Waals surface area contributed by atoms with Gasteiger partial charge in [0, 0.05) is 10.7 Å². The minimum Gasteiger partial charge on any atom is -0.288 e. The fraction of sp³-hybridized carbons (Fsp3) is 0. The van der Waals surface area contributed by atoms with Crippen LogP contribution in [0.15, 0.2) is 28.9 Å². The molecule has 2 aromatic rings. The molecule has 1 aliphatic carbocycles. The number of hydrogen-bond acceptors (Lipinski definition) is 3. The number of hydrogen-bond donors (Lipinski definition) is 0. The quantitative estimate of drug-likeness (QED) is 0.599. The molecule has 2 aromatic heterocycles. The molecule has 0 aliphatic heterocycles. The van der Waals surface area contributed by atoms with Crippen molar-refractivity contribution in [3.8, 4) is 11.4 Å². The van der Waals surface area contributed by atoms with E-state index in [1.807, 2.05) is 0 Å². The monoisotopic (exact) mass is 294 g/mol. The van der Waals surface area contributed by atoms with E-state index in [-0.39, 0.29) is 5.78 Å². The van der Waals surface area contributed by atoms with E-state index in [0.717, 1.165) is 4.47 Å². The van der Waals surface area contributed by atoms with E-state index >= 15 is 0 Å². The van der Waals surface area contributed by atoms with Crippen LogP contribution in [-0.4, -0.2) is 15.8 Å². The molecule has 1 aliphatic rings. The van der Waals surface area contributed by atoms with E-state index in [1.165, 1.54) is 0 Å². The second-order valence-electron chi connectivity index (χ2n) is 3.41. The molecule has 0 fully saturated rings. The van der Waals surface area contributed by atoms with Crippen LogP contribution >= 0.6 is 27.5 Å². The third-order valence-corrected chi connectivity index (χ3v) is 3.07. The molecule has 0 aromatic carbocycles. The minimum absolute atomic E-state index is 0.0528. The number of pyridine rings is 2. The van der Waals surface area contributed by atoms with Gasteiger partial charge in [0.25, 0.3) is 0 Å². The summed E-state index contributed by atoms with van der Waals surface area (Å²) < 4.78 is 0.776. The van der Waals surface area contributed by atoms with Crippen LogP contribution in [0.5, 0.6) is 0 Å². The largest absolute Gasteiger partial charge is 0.288 e. The smallest absolute Gasteiger partial charge is 0.197 e. The Labute approximate surface area is 105 Å². The van der Waals surface area contributed by atoms with Gasteiger partial charge in [0.2, 0.25) is 0 Å². The van der Waals surface area contributed by atoms with Crippen molar-refractivity contribution in [1.82, 2.24) is 9.97 Å². The van der Waals surface area contributed by atoms with Crippen LogP contribution in [0.2, 0.25) is 5.15 Å². The van der Waals surface area contributed by atoms with Crippen molar-refractivity contribution in [2.24, 2.45) is 0 Å². The van der Waals surface area contributed by atoms with Crippen molar-refractivity contribution in [3.63, 3.8) is 0 Å². The molecule has 0 saturated carbocycles. The van der Waals surface area contributed by atoms with Gasteiger partial charge in [0.1, 0.15) is 16.5 Å². The van der Waals surface area contributed by atoms with Gasteiger partial charge in [-0.2, -0.15) is 0 Å². The van der Waals surface area contributed by atoms with Gasteiger partial charge in [-0.1, -0.05) is 11.6 Å². The fourth-order valence-electron chi connectivity index (χ4n) is 1.75. The maximum absolute atomic E-state index is 12.0. The summed E-state index contributed by atoms with van der Waals surface area (Å²) in [5, 5.41) is 0.365. The summed E-state index contributed by atoms with van der Waals surface area (Å²) >= 11 is 9.10. The lowest BCUT2D eigenvalue weighted by Crippen LogP contribution is -1.95. The number of rotatable bonds is 0. The van der Waals surface area contributed by atoms with Gasteiger partial charge < -0.3 is 0 Å². The highest BCUT2D eigenvalue weighted by Gasteiger charge is 2.29. The van der Waals surface area contributed by atoms with Gasteiger partial charge in [-0.25, -0.2) is 4.98 Å². The van der Waals surface area contributed by atoms with Crippen molar-refractivity contribution in [1.29, 1.82) is 0 Å². The molecule has 2 heterocycles. The Morgan fingerprint density at radius 2 is 2.00 bits per heavy atom. The Hall–Kier alpha value is -1.26. The Bertz CT molecular complexity index is 627. The molecule has 5 heteroatoms. The molecule has 16 heavy (non-hydrogen) atoms. The molecule has 78 valence electrons. The molecule has 3 rings (SSSR count). The van der Waals surface area contributed by atoms with E-state index in [4.69, 9.17) is 11.6 Å². The van der Waals surface area contributed by atoms with Gasteiger partial charge >= 0.3 is 0 Å². The summed E-state index contributed by atoms with van der Waals surface area (Å²) in [5.41, 5.74) is 2.30. The first kappa shape index (κ1) is 9.93. The van der Waals surface area contributed by atoms with Gasteiger partial charge in [0.05, 0.1) is 11.1 Å². The number of carbonyl (C=O) groups is 1. The van der Waals surface area contributed by atoms with Crippen LogP contribution in [0.25, 0.3) is 11.4 Å². The first-order valence-corrected chi connectivity index (χ1v) is 5.71. The topological polar surface area (TPSA) is 42.9 Å². The van der Waals surface area contributed by atoms with Crippen LogP contribution in [0.1, 0.15) is 15.9 Å². The maximum atomic E-state index is 12.0. The third kappa shape index (κ3) is 1.30. The fourth-order valence-corrected chi connectivity index (χ4v) is 2.22. The first-order valence-electron chi connectivity index (χ1n) is 4.54. The van der Waals surface area contributed by atoms with Crippen LogP contribution in [-0.2, 0) is 0 Å². The zero-order chi connectivity index (χ0) is 11.3. The van der Waals surface area contributed by atoms with Gasteiger partial charge in [0.15, 0.2) is 5.78 Å². The van der Waals surface area contributed by atoms with Gasteiger partial charge in [-0.15, -0.1) is 0 Å². The number of nitrogens with zero attached hydrogens (tertiary/aromatic N) is 2. The van der Waals surface area contributed by atoms with Crippen LogP contribution in [0.3, 0.4) is 0 Å². The maximum Gasteiger partial charge on any atom is 0.197 e. The predicted molar refractivity (Wildman–Crippen MR) is 63.6 cm³/mol. The zero-order valence-electron chi connectivity index (χ0n) is 7.87. The minimum atomic E-state index is -0.0528. The standard InChI is InChI=1S/C11H4BrClN2O/c12-5-3-7-9(14-4-5)10-6(11(7)16)1-2-8(13)15-10/h1-4H. The third-order valence-electron chi connectivity index (χ3n) is 2.43. The molecule has 0 spiro atoms. The van der Waals surface area contributed by atoms with E-state index in [1.54, 1.807) is 24.4 Å². The second kappa shape index (κ2) is 3.37. The lowest BCUT2D eigenvalue weighted by Gasteiger charge is -1.97. The summed E-state index contributed by atoms with van der Waals surface area (Å²) in [6.45, 7) is 0. The van der Waals surface area contributed by atoms with Crippen LogP contribution < -0.4 is 0 Å². The molecule has 0 N–H and O–H groups in total. The summed E-state index contributed by atoms with van der Waals surface area (Å²) in [6, 6.07) is 5.04. The van der Waals surface area contributed by atoms with Crippen molar-refractivity contribution >= 4 is 33.3 Å². The molecule has 0 saturated heterocycles. The Morgan fingerprint density at radius 3 is 2.81 bits per heavy atom. The lowest BCUT2D eigenvalue weighted by molar-refractivity contribution is 0.104. The summed E-state index contributed by atoms with van der Waals surface area (Å²) in [6.07, 6.45) is 1.64. The average molecular weight is 296 g/mol. The molecule has 0 amide bonds. The average Bonchev–Trinajstić information content (AvgIpc) is 2.52. The van der Waals surface area contributed by atoms with Crippen molar-refractivity contribution < 1.29 is 4.79 Å². The van der Waals surface area contributed by atoms with Crippen LogP contribution in [0.4, 0.5) is 0 Å². The number of halogens is 2. The molecular weight excluding hydrogens is 291 g/mol. The lowest BCUT2D eigenvalue weighted by atomic mass is 10.1. The Morgan fingerprint density at radius 1 is 1.19 bits per heavy atom. The predicted octanol–water partition coefficient (Wildman–Crippen LogP) is 3.10. The number of carbonyl (C=O) groups excluding carboxylic acids is 1. The molecule has 0 atom stereocenters. The molecular formula is C11H4BrClN2O. The van der Waals surface area contributed by atoms with E-state index in [0.29, 0.717) is 27.7 Å². The number of ketones is 1. The van der Waals surface area contributed by atoms with Gasteiger partial charge in [-0.3, -0.25) is 9.78 Å². The van der Waals surface area contributed by atoms with E-state index in [2.05, 4.69) is 25.9 Å². The number of fused-ring (bicyclic) bond motifs is 3. The van der Waals surface area contributed by atoms with Crippen molar-refractivity contribution in [3.05, 3.63) is 45.1 Å². The molecule has 0 unspecified atom stereocenters. The summed E-state index contributed by atoms with van der Waals surface area (Å²) in [7, 11) is 0.